The average molecular weight is 1310 g/mol. The van der Waals surface area contributed by atoms with Gasteiger partial charge in [0.1, 0.15) is 91.6 Å². The van der Waals surface area contributed by atoms with Crippen molar-refractivity contribution in [3.8, 4) is 0 Å². The fourth-order valence-electron chi connectivity index (χ4n) is 17.7. The van der Waals surface area contributed by atoms with E-state index >= 15 is 0 Å². The van der Waals surface area contributed by atoms with Gasteiger partial charge >= 0.3 is 17.9 Å². The van der Waals surface area contributed by atoms with E-state index in [2.05, 4.69) is 19.9 Å². The largest absolute Gasteiger partial charge is 0.479 e. The minimum absolute atomic E-state index is 0.216. The normalized spacial score (nSPS) is 50.0. The molecule has 0 aromatic rings. The van der Waals surface area contributed by atoms with Crippen LogP contribution in [-0.2, 0) is 61.8 Å². The number of aliphatic carboxylic acids is 1. The summed E-state index contributed by atoms with van der Waals surface area (Å²) >= 11 is 0. The number of carbonyl (C=O) groups excluding carboxylic acids is 2. The van der Waals surface area contributed by atoms with Gasteiger partial charge in [0.15, 0.2) is 37.4 Å². The van der Waals surface area contributed by atoms with Crippen molar-refractivity contribution in [1.29, 1.82) is 0 Å². The molecule has 9 rings (SSSR count). The number of carbonyl (C=O) groups is 3. The SMILES string of the molecule is C/C=C(\C)C(=O)O[C@H]1[C@H](OC(=O)C(C)CC)[C@@]2(CO)C(CC1(C)C)C1=CCC3[C@@]4(C)CC[C@H](OC5O[C@@H](C(=O)O)[C@H](O)[C@@H](O[C@@H]6O[C@H](CO)[C@H](O)[C@@H](O)[C@@H]6O)[C@@H]5O[C@H]5O[C@H](CO)[C@H](O)[C@@H](O)[C@@H]5O[C@@H]5OC[C@@H](O)[C@H](O)[C@@H]5O)C(C)(C)C4CC[C@@]3(C)[C@]1(C)[C@@H](O)[C@H]2O. The van der Waals surface area contributed by atoms with Crippen LogP contribution in [0.25, 0.3) is 0 Å². The zero-order valence-electron chi connectivity index (χ0n) is 53.6. The van der Waals surface area contributed by atoms with Gasteiger partial charge in [0.25, 0.3) is 0 Å². The van der Waals surface area contributed by atoms with E-state index < -0.39 is 236 Å². The summed E-state index contributed by atoms with van der Waals surface area (Å²) in [6.45, 7) is 17.6. The lowest BCUT2D eigenvalue weighted by molar-refractivity contribution is -0.406. The highest BCUT2D eigenvalue weighted by molar-refractivity contribution is 5.88. The van der Waals surface area contributed by atoms with Crippen molar-refractivity contribution < 1.29 is 138 Å². The molecule has 0 amide bonds. The van der Waals surface area contributed by atoms with Crippen LogP contribution >= 0.6 is 0 Å². The van der Waals surface area contributed by atoms with Crippen LogP contribution in [0.2, 0.25) is 0 Å². The van der Waals surface area contributed by atoms with Crippen molar-refractivity contribution >= 4 is 17.9 Å². The number of carboxylic acid groups (broad SMARTS) is 1. The third kappa shape index (κ3) is 11.9. The molecule has 0 aromatic heterocycles. The Morgan fingerprint density at radius 2 is 1.25 bits per heavy atom. The molecule has 4 saturated heterocycles. The lowest BCUT2D eigenvalue weighted by atomic mass is 9.32. The molecule has 4 aliphatic heterocycles. The van der Waals surface area contributed by atoms with E-state index in [-0.39, 0.29) is 24.7 Å². The summed E-state index contributed by atoms with van der Waals surface area (Å²) in [6.07, 6.45) is -37.4. The van der Waals surface area contributed by atoms with E-state index in [4.69, 9.17) is 47.4 Å². The predicted octanol–water partition coefficient (Wildman–Crippen LogP) is -1.83. The Hall–Kier alpha value is -2.99. The van der Waals surface area contributed by atoms with Gasteiger partial charge in [0.2, 0.25) is 0 Å². The van der Waals surface area contributed by atoms with Crippen LogP contribution in [0.4, 0.5) is 0 Å². The Balaban J connectivity index is 1.07. The van der Waals surface area contributed by atoms with Crippen molar-refractivity contribution in [2.45, 2.75) is 268 Å². The number of aliphatic hydroxyl groups excluding tert-OH is 14. The van der Waals surface area contributed by atoms with Crippen LogP contribution in [0.15, 0.2) is 23.3 Å². The van der Waals surface area contributed by atoms with Gasteiger partial charge in [-0.05, 0) is 92.8 Å². The number of carboxylic acids is 1. The highest BCUT2D eigenvalue weighted by Crippen LogP contribution is 2.76. The van der Waals surface area contributed by atoms with Gasteiger partial charge < -0.3 is 124 Å². The highest BCUT2D eigenvalue weighted by Gasteiger charge is 2.77. The molecule has 28 heteroatoms. The van der Waals surface area contributed by atoms with E-state index in [1.54, 1.807) is 26.8 Å². The summed E-state index contributed by atoms with van der Waals surface area (Å²) in [6, 6.07) is 0. The van der Waals surface area contributed by atoms with E-state index in [0.717, 1.165) is 5.57 Å². The summed E-state index contributed by atoms with van der Waals surface area (Å²) in [5, 5.41) is 169. The third-order valence-electron chi connectivity index (χ3n) is 23.7. The molecule has 91 heavy (non-hydrogen) atoms. The fourth-order valence-corrected chi connectivity index (χ4v) is 17.7. The third-order valence-corrected chi connectivity index (χ3v) is 23.7. The lowest BCUT2D eigenvalue weighted by Crippen LogP contribution is -2.76. The molecule has 0 spiro atoms. The minimum Gasteiger partial charge on any atom is -0.479 e. The number of aliphatic hydroxyl groups is 14. The fraction of sp³-hybridized carbons (Fsp3) is 0.889. The summed E-state index contributed by atoms with van der Waals surface area (Å²) in [5.74, 6) is -4.77. The molecule has 8 fully saturated rings. The van der Waals surface area contributed by atoms with Crippen molar-refractivity contribution in [2.24, 2.45) is 56.2 Å². The topological polar surface area (TPSA) is 447 Å². The molecule has 5 unspecified atom stereocenters. The Morgan fingerprint density at radius 1 is 0.659 bits per heavy atom. The van der Waals surface area contributed by atoms with E-state index in [0.29, 0.717) is 37.7 Å². The molecule has 5 aliphatic carbocycles. The first kappa shape index (κ1) is 72.3. The van der Waals surface area contributed by atoms with E-state index in [1.807, 2.05) is 41.5 Å². The highest BCUT2D eigenvalue weighted by atomic mass is 16.8. The number of ether oxygens (including phenoxy) is 10. The van der Waals surface area contributed by atoms with Crippen LogP contribution in [0.3, 0.4) is 0 Å². The Bertz CT molecular complexity index is 2650. The van der Waals surface area contributed by atoms with Crippen molar-refractivity contribution in [3.05, 3.63) is 23.3 Å². The molecule has 28 nitrogen and oxygen atoms in total. The number of esters is 2. The molecule has 0 bridgehead atoms. The van der Waals surface area contributed by atoms with Crippen molar-refractivity contribution in [2.75, 3.05) is 26.4 Å². The smallest absolute Gasteiger partial charge is 0.335 e. The van der Waals surface area contributed by atoms with Crippen molar-refractivity contribution in [1.82, 2.24) is 0 Å². The number of hydrogen-bond acceptors (Lipinski definition) is 27. The second-order valence-corrected chi connectivity index (χ2v) is 29.2. The van der Waals surface area contributed by atoms with Crippen LogP contribution in [0, 0.1) is 56.2 Å². The number of allylic oxidation sites excluding steroid dienone is 2. The van der Waals surface area contributed by atoms with Crippen LogP contribution in [0.1, 0.15) is 121 Å². The Labute approximate surface area is 528 Å². The summed E-state index contributed by atoms with van der Waals surface area (Å²) < 4.78 is 61.6. The van der Waals surface area contributed by atoms with Crippen LogP contribution in [0.5, 0.6) is 0 Å². The van der Waals surface area contributed by atoms with E-state index in [9.17, 15) is 91.0 Å². The van der Waals surface area contributed by atoms with Crippen LogP contribution < -0.4 is 0 Å². The second kappa shape index (κ2) is 26.8. The first-order valence-corrected chi connectivity index (χ1v) is 32.0. The molecular formula is C63H100O28. The van der Waals surface area contributed by atoms with E-state index in [1.165, 1.54) is 0 Å². The number of fused-ring (bicyclic) bond motifs is 7. The molecule has 4 heterocycles. The zero-order valence-corrected chi connectivity index (χ0v) is 53.6. The summed E-state index contributed by atoms with van der Waals surface area (Å²) in [5.41, 5.74) is -5.02. The molecule has 9 aliphatic rings. The maximum absolute atomic E-state index is 14.0. The first-order valence-electron chi connectivity index (χ1n) is 32.0. The standard InChI is InChI=1S/C63H100O28/c1-12-25(3)52(80)90-49-50(91-53(81)26(4)13-2)63(24-66)28(20-58(49,5)6)27-14-15-33-60(9)18-17-34(59(7,8)32(60)16-19-61(33,10)62(27,11)47(76)48(63)77)85-57-46(43(42(75)44(87-57)51(78)79)86-55-41(74)38(71)36(69)30(21-64)83-55)89-56-45(39(72)37(70)31(22-65)84-56)88-54-40(73)35(68)29(67)23-82-54/h12,14,26,28-50,54-57,64-77H,13,15-24H2,1-11H3,(H,78,79)/b25-12+/t26?,28?,29-,30-,31-,32?,33?,34+,35+,36+,37+,38-,39-,40+,41+,42-,43-,44-,45+,46+,47+,48-,49+,50+,54+,55+,56-,57?,60+,61-,62+,63+/m1/s1. The maximum atomic E-state index is 14.0. The second-order valence-electron chi connectivity index (χ2n) is 29.2. The van der Waals surface area contributed by atoms with Gasteiger partial charge in [0, 0.05) is 16.4 Å². The van der Waals surface area contributed by atoms with Gasteiger partial charge in [-0.3, -0.25) is 4.79 Å². The van der Waals surface area contributed by atoms with Gasteiger partial charge in [-0.1, -0.05) is 80.0 Å². The van der Waals surface area contributed by atoms with Gasteiger partial charge in [-0.2, -0.15) is 0 Å². The number of hydrogen-bond donors (Lipinski definition) is 15. The summed E-state index contributed by atoms with van der Waals surface area (Å²) in [7, 11) is 0. The number of rotatable bonds is 17. The molecule has 4 saturated carbocycles. The van der Waals surface area contributed by atoms with Crippen LogP contribution in [-0.4, -0.2) is 268 Å². The van der Waals surface area contributed by atoms with Gasteiger partial charge in [-0.15, -0.1) is 0 Å². The van der Waals surface area contributed by atoms with Crippen molar-refractivity contribution in [3.63, 3.8) is 0 Å². The molecule has 0 radical (unpaired) electrons. The molecule has 520 valence electrons. The summed E-state index contributed by atoms with van der Waals surface area (Å²) in [4.78, 5) is 40.9. The minimum atomic E-state index is -2.29. The molecule has 32 atom stereocenters. The lowest BCUT2D eigenvalue weighted by Gasteiger charge is -2.73. The Morgan fingerprint density at radius 3 is 1.86 bits per heavy atom. The molecular weight excluding hydrogens is 1200 g/mol. The molecule has 15 N–H and O–H groups in total. The average Bonchev–Trinajstić information content (AvgIpc) is 0.664. The molecule has 0 aromatic carbocycles. The Kier molecular flexibility index (Phi) is 21.3. The van der Waals surface area contributed by atoms with Gasteiger partial charge in [0.05, 0.1) is 56.1 Å². The maximum Gasteiger partial charge on any atom is 0.335 e. The predicted molar refractivity (Wildman–Crippen MR) is 309 cm³/mol. The quantitative estimate of drug-likeness (QED) is 0.0329. The van der Waals surface area contributed by atoms with Gasteiger partial charge in [-0.25, -0.2) is 9.59 Å². The zero-order chi connectivity index (χ0) is 67.3. The monoisotopic (exact) mass is 1300 g/mol. The first-order chi connectivity index (χ1) is 42.5.